The Morgan fingerprint density at radius 3 is 2.54 bits per heavy atom. The Labute approximate surface area is 168 Å². The largest absolute Gasteiger partial charge is 0.493 e. The number of methoxy groups -OCH3 is 1. The second kappa shape index (κ2) is 11.2. The molecule has 1 amide bonds. The Kier molecular flexibility index (Phi) is 8.66. The van der Waals surface area contributed by atoms with Crippen LogP contribution in [0, 0.1) is 6.92 Å². The van der Waals surface area contributed by atoms with Gasteiger partial charge in [0.05, 0.1) is 13.7 Å². The smallest absolute Gasteiger partial charge is 0.261 e. The molecule has 0 fully saturated rings. The minimum Gasteiger partial charge on any atom is -0.493 e. The lowest BCUT2D eigenvalue weighted by Gasteiger charge is -2.18. The lowest BCUT2D eigenvalue weighted by Crippen LogP contribution is -2.38. The van der Waals surface area contributed by atoms with E-state index in [0.29, 0.717) is 19.6 Å². The highest BCUT2D eigenvalue weighted by Gasteiger charge is 2.18. The summed E-state index contributed by atoms with van der Waals surface area (Å²) in [7, 11) is 1.64. The molecular formula is C23H31NO4. The van der Waals surface area contributed by atoms with E-state index in [9.17, 15) is 4.79 Å². The fourth-order valence-corrected chi connectivity index (χ4v) is 2.92. The van der Waals surface area contributed by atoms with Gasteiger partial charge in [-0.05, 0) is 62.4 Å². The molecular weight excluding hydrogens is 354 g/mol. The van der Waals surface area contributed by atoms with Crippen LogP contribution in [-0.2, 0) is 11.2 Å². The summed E-state index contributed by atoms with van der Waals surface area (Å²) >= 11 is 0. The third-order valence-corrected chi connectivity index (χ3v) is 4.50. The number of rotatable bonds is 11. The molecule has 2 aromatic carbocycles. The fourth-order valence-electron chi connectivity index (χ4n) is 2.92. The zero-order valence-corrected chi connectivity index (χ0v) is 17.3. The average molecular weight is 386 g/mol. The number of hydrogen-bond acceptors (Lipinski definition) is 4. The average Bonchev–Trinajstić information content (AvgIpc) is 2.71. The Bertz CT molecular complexity index is 760. The summed E-state index contributed by atoms with van der Waals surface area (Å²) < 4.78 is 16.8. The number of aryl methyl sites for hydroxylation is 2. The zero-order valence-electron chi connectivity index (χ0n) is 17.3. The highest BCUT2D eigenvalue weighted by Crippen LogP contribution is 2.28. The molecule has 0 heterocycles. The monoisotopic (exact) mass is 385 g/mol. The van der Waals surface area contributed by atoms with E-state index in [4.69, 9.17) is 14.2 Å². The van der Waals surface area contributed by atoms with Gasteiger partial charge >= 0.3 is 0 Å². The van der Waals surface area contributed by atoms with Crippen molar-refractivity contribution < 1.29 is 19.0 Å². The van der Waals surface area contributed by atoms with Crippen molar-refractivity contribution in [1.29, 1.82) is 0 Å². The molecule has 0 aromatic heterocycles. The van der Waals surface area contributed by atoms with Crippen LogP contribution in [0.5, 0.6) is 17.2 Å². The first-order valence-electron chi connectivity index (χ1n) is 9.88. The first-order valence-corrected chi connectivity index (χ1v) is 9.88. The van der Waals surface area contributed by atoms with Crippen molar-refractivity contribution >= 4 is 5.91 Å². The molecule has 0 bridgehead atoms. The van der Waals surface area contributed by atoms with Crippen LogP contribution in [-0.4, -0.2) is 32.3 Å². The van der Waals surface area contributed by atoms with Crippen LogP contribution < -0.4 is 19.5 Å². The predicted octanol–water partition coefficient (Wildman–Crippen LogP) is 4.31. The third kappa shape index (κ3) is 6.19. The van der Waals surface area contributed by atoms with Crippen molar-refractivity contribution in [2.45, 2.75) is 46.1 Å². The topological polar surface area (TPSA) is 56.8 Å². The molecule has 5 heteroatoms. The molecule has 1 N–H and O–H groups in total. The lowest BCUT2D eigenvalue weighted by molar-refractivity contribution is -0.128. The molecule has 0 aliphatic carbocycles. The first-order chi connectivity index (χ1) is 13.6. The van der Waals surface area contributed by atoms with Crippen molar-refractivity contribution in [2.75, 3.05) is 20.3 Å². The summed E-state index contributed by atoms with van der Waals surface area (Å²) in [5, 5.41) is 2.98. The molecule has 0 radical (unpaired) electrons. The van der Waals surface area contributed by atoms with E-state index in [2.05, 4.69) is 5.32 Å². The van der Waals surface area contributed by atoms with Crippen LogP contribution in [0.25, 0.3) is 0 Å². The second-order valence-electron chi connectivity index (χ2n) is 6.59. The Morgan fingerprint density at radius 1 is 1.07 bits per heavy atom. The van der Waals surface area contributed by atoms with Crippen LogP contribution in [0.15, 0.2) is 42.5 Å². The van der Waals surface area contributed by atoms with E-state index >= 15 is 0 Å². The van der Waals surface area contributed by atoms with Gasteiger partial charge in [0.25, 0.3) is 5.91 Å². The van der Waals surface area contributed by atoms with Gasteiger partial charge in [0, 0.05) is 6.54 Å². The summed E-state index contributed by atoms with van der Waals surface area (Å²) in [6.07, 6.45) is 1.82. The molecule has 5 nitrogen and oxygen atoms in total. The summed E-state index contributed by atoms with van der Waals surface area (Å²) in [6, 6.07) is 13.7. The number of amides is 1. The van der Waals surface area contributed by atoms with Crippen molar-refractivity contribution in [3.05, 3.63) is 53.6 Å². The van der Waals surface area contributed by atoms with Crippen LogP contribution in [0.1, 0.15) is 37.8 Å². The lowest BCUT2D eigenvalue weighted by atomic mass is 10.1. The second-order valence-corrected chi connectivity index (χ2v) is 6.59. The SMILES string of the molecule is CCOc1ccc(CCCNC(=O)C(CC)Oc2ccccc2C)cc1OC. The molecule has 1 unspecified atom stereocenters. The van der Waals surface area contributed by atoms with Crippen LogP contribution in [0.4, 0.5) is 0 Å². The van der Waals surface area contributed by atoms with E-state index in [1.54, 1.807) is 7.11 Å². The minimum absolute atomic E-state index is 0.0740. The molecule has 0 spiro atoms. The van der Waals surface area contributed by atoms with Crippen LogP contribution >= 0.6 is 0 Å². The van der Waals surface area contributed by atoms with Crippen LogP contribution in [0.3, 0.4) is 0 Å². The molecule has 1 atom stereocenters. The summed E-state index contributed by atoms with van der Waals surface area (Å²) in [4.78, 5) is 12.4. The van der Waals surface area contributed by atoms with Crippen molar-refractivity contribution in [3.63, 3.8) is 0 Å². The van der Waals surface area contributed by atoms with E-state index in [0.717, 1.165) is 41.2 Å². The number of hydrogen-bond donors (Lipinski definition) is 1. The maximum Gasteiger partial charge on any atom is 0.261 e. The maximum absolute atomic E-state index is 12.4. The summed E-state index contributed by atoms with van der Waals surface area (Å²) in [5.74, 6) is 2.17. The normalized spacial score (nSPS) is 11.6. The molecule has 0 aliphatic heterocycles. The highest BCUT2D eigenvalue weighted by atomic mass is 16.5. The van der Waals surface area contributed by atoms with Gasteiger partial charge in [-0.25, -0.2) is 0 Å². The van der Waals surface area contributed by atoms with Crippen molar-refractivity contribution in [2.24, 2.45) is 0 Å². The van der Waals surface area contributed by atoms with Gasteiger partial charge < -0.3 is 19.5 Å². The third-order valence-electron chi connectivity index (χ3n) is 4.50. The number of carbonyl (C=O) groups excluding carboxylic acids is 1. The van der Waals surface area contributed by atoms with E-state index in [1.165, 1.54) is 0 Å². The quantitative estimate of drug-likeness (QED) is 0.586. The number of nitrogens with one attached hydrogen (secondary N) is 1. The van der Waals surface area contributed by atoms with E-state index in [1.807, 2.05) is 63.2 Å². The van der Waals surface area contributed by atoms with E-state index < -0.39 is 6.10 Å². The predicted molar refractivity (Wildman–Crippen MR) is 111 cm³/mol. The van der Waals surface area contributed by atoms with Gasteiger partial charge in [-0.15, -0.1) is 0 Å². The Morgan fingerprint density at radius 2 is 1.86 bits per heavy atom. The molecule has 0 aliphatic rings. The molecule has 28 heavy (non-hydrogen) atoms. The van der Waals surface area contributed by atoms with E-state index in [-0.39, 0.29) is 5.91 Å². The summed E-state index contributed by atoms with van der Waals surface area (Å²) in [5.41, 5.74) is 2.18. The zero-order chi connectivity index (χ0) is 20.4. The maximum atomic E-state index is 12.4. The van der Waals surface area contributed by atoms with Gasteiger partial charge in [0.15, 0.2) is 17.6 Å². The van der Waals surface area contributed by atoms with Gasteiger partial charge in [0.1, 0.15) is 5.75 Å². The van der Waals surface area contributed by atoms with Crippen molar-refractivity contribution in [3.8, 4) is 17.2 Å². The van der Waals surface area contributed by atoms with Gasteiger partial charge in [-0.3, -0.25) is 4.79 Å². The van der Waals surface area contributed by atoms with Gasteiger partial charge in [0.2, 0.25) is 0 Å². The molecule has 152 valence electrons. The minimum atomic E-state index is -0.480. The Hall–Kier alpha value is -2.69. The molecule has 0 saturated heterocycles. The number of ether oxygens (including phenoxy) is 3. The first kappa shape index (κ1) is 21.6. The molecule has 0 saturated carbocycles. The standard InChI is InChI=1S/C23H31NO4/c1-5-19(28-20-12-8-7-10-17(20)3)23(25)24-15-9-11-18-13-14-21(27-6-2)22(16-18)26-4/h7-8,10,12-14,16,19H,5-6,9,11,15H2,1-4H3,(H,24,25). The number of benzene rings is 2. The van der Waals surface area contributed by atoms with Crippen molar-refractivity contribution in [1.82, 2.24) is 5.32 Å². The van der Waals surface area contributed by atoms with Gasteiger partial charge in [-0.2, -0.15) is 0 Å². The fraction of sp³-hybridized carbons (Fsp3) is 0.435. The van der Waals surface area contributed by atoms with Crippen LogP contribution in [0.2, 0.25) is 0 Å². The Balaban J connectivity index is 1.82. The number of para-hydroxylation sites is 1. The molecule has 2 aromatic rings. The van der Waals surface area contributed by atoms with Gasteiger partial charge in [-0.1, -0.05) is 31.2 Å². The molecule has 2 rings (SSSR count). The highest BCUT2D eigenvalue weighted by molar-refractivity contribution is 5.81. The number of carbonyl (C=O) groups is 1. The summed E-state index contributed by atoms with van der Waals surface area (Å²) in [6.45, 7) is 7.08.